The van der Waals surface area contributed by atoms with Crippen molar-refractivity contribution in [1.82, 2.24) is 9.80 Å². The molecule has 1 aliphatic rings. The summed E-state index contributed by atoms with van der Waals surface area (Å²) >= 11 is 0. The second-order valence-corrected chi connectivity index (χ2v) is 5.78. The summed E-state index contributed by atoms with van der Waals surface area (Å²) in [6.45, 7) is 2.62. The zero-order valence-electron chi connectivity index (χ0n) is 14.2. The molecular weight excluding hydrogens is 346 g/mol. The first-order valence-electron chi connectivity index (χ1n) is 7.97. The Kier molecular flexibility index (Phi) is 6.10. The van der Waals surface area contributed by atoms with E-state index in [2.05, 4.69) is 0 Å². The van der Waals surface area contributed by atoms with E-state index >= 15 is 0 Å². The minimum absolute atomic E-state index is 0.00204. The number of rotatable bonds is 5. The molecule has 0 spiro atoms. The maximum atomic E-state index is 12.1. The third-order valence-electron chi connectivity index (χ3n) is 4.05. The van der Waals surface area contributed by atoms with Gasteiger partial charge in [-0.3, -0.25) is 19.7 Å². The van der Waals surface area contributed by atoms with Gasteiger partial charge in [0.25, 0.3) is 5.69 Å². The van der Waals surface area contributed by atoms with Gasteiger partial charge in [0.1, 0.15) is 5.75 Å². The minimum atomic E-state index is -1.50. The highest BCUT2D eigenvalue weighted by Crippen LogP contribution is 2.23. The van der Waals surface area contributed by atoms with E-state index < -0.39 is 16.8 Å². The van der Waals surface area contributed by atoms with Crippen LogP contribution in [0.5, 0.6) is 5.75 Å². The Morgan fingerprint density at radius 2 is 1.81 bits per heavy atom. The van der Waals surface area contributed by atoms with E-state index in [9.17, 15) is 24.5 Å². The molecule has 0 unspecified atom stereocenters. The number of aryl methyl sites for hydroxylation is 1. The fraction of sp³-hybridized carbons (Fsp3) is 0.438. The van der Waals surface area contributed by atoms with Gasteiger partial charge in [0, 0.05) is 37.8 Å². The lowest BCUT2D eigenvalue weighted by Crippen LogP contribution is -2.52. The van der Waals surface area contributed by atoms with Crippen LogP contribution in [0.15, 0.2) is 18.2 Å². The number of ether oxygens (including phenoxy) is 1. The fourth-order valence-electron chi connectivity index (χ4n) is 2.63. The van der Waals surface area contributed by atoms with E-state index in [-0.39, 0.29) is 50.8 Å². The molecule has 0 aromatic heterocycles. The molecule has 1 N–H and O–H groups in total. The molecule has 26 heavy (non-hydrogen) atoms. The normalized spacial score (nSPS) is 14.0. The Bertz CT molecular complexity index is 727. The van der Waals surface area contributed by atoms with E-state index in [1.807, 2.05) is 0 Å². The van der Waals surface area contributed by atoms with Gasteiger partial charge in [0.2, 0.25) is 5.91 Å². The van der Waals surface area contributed by atoms with Gasteiger partial charge in [0.15, 0.2) is 0 Å². The number of hydrogen-bond donors (Lipinski definition) is 1. The quantitative estimate of drug-likeness (QED) is 0.455. The molecule has 0 radical (unpaired) electrons. The van der Waals surface area contributed by atoms with E-state index in [0.29, 0.717) is 11.3 Å². The monoisotopic (exact) mass is 365 g/mol. The Labute approximate surface area is 149 Å². The minimum Gasteiger partial charge on any atom is -0.493 e. The predicted octanol–water partition coefficient (Wildman–Crippen LogP) is 0.428. The molecule has 0 bridgehead atoms. The number of hydrogen-bond acceptors (Lipinski definition) is 6. The van der Waals surface area contributed by atoms with Crippen molar-refractivity contribution in [3.63, 3.8) is 0 Å². The van der Waals surface area contributed by atoms with Gasteiger partial charge < -0.3 is 19.6 Å². The van der Waals surface area contributed by atoms with Crippen LogP contribution in [0.1, 0.15) is 12.0 Å². The summed E-state index contributed by atoms with van der Waals surface area (Å²) < 4.78 is 5.46. The number of nitrogens with zero attached hydrogens (tertiary/aromatic N) is 3. The highest BCUT2D eigenvalue weighted by atomic mass is 16.6. The number of piperazine rings is 1. The van der Waals surface area contributed by atoms with Gasteiger partial charge in [-0.1, -0.05) is 0 Å². The van der Waals surface area contributed by atoms with Crippen molar-refractivity contribution < 1.29 is 29.2 Å². The summed E-state index contributed by atoms with van der Waals surface area (Å²) in [5.41, 5.74) is 0.472. The number of benzene rings is 1. The first-order valence-corrected chi connectivity index (χ1v) is 7.97. The predicted molar refractivity (Wildman–Crippen MR) is 88.7 cm³/mol. The molecule has 10 nitrogen and oxygen atoms in total. The van der Waals surface area contributed by atoms with Gasteiger partial charge >= 0.3 is 11.9 Å². The van der Waals surface area contributed by atoms with Gasteiger partial charge in [-0.15, -0.1) is 0 Å². The zero-order valence-corrected chi connectivity index (χ0v) is 14.2. The number of carbonyl (C=O) groups excluding carboxylic acids is 2. The Hall–Kier alpha value is -3.17. The average molecular weight is 365 g/mol. The van der Waals surface area contributed by atoms with Crippen molar-refractivity contribution in [2.24, 2.45) is 0 Å². The van der Waals surface area contributed by atoms with E-state index in [1.165, 1.54) is 17.0 Å². The number of nitro groups is 1. The standard InChI is InChI=1S/C16H19N3O7/c1-11-10-12(2-3-13(11)19(24)25)26-9-4-14(20)17-5-7-18(8-6-17)15(21)16(22)23/h2-3,10H,4-9H2,1H3,(H,22,23). The summed E-state index contributed by atoms with van der Waals surface area (Å²) in [7, 11) is 0. The molecular formula is C16H19N3O7. The van der Waals surface area contributed by atoms with E-state index in [4.69, 9.17) is 9.84 Å². The Morgan fingerprint density at radius 1 is 1.19 bits per heavy atom. The lowest BCUT2D eigenvalue weighted by atomic mass is 10.2. The van der Waals surface area contributed by atoms with Gasteiger partial charge in [-0.25, -0.2) is 4.79 Å². The molecule has 0 aliphatic carbocycles. The lowest BCUT2D eigenvalue weighted by molar-refractivity contribution is -0.385. The van der Waals surface area contributed by atoms with Crippen LogP contribution >= 0.6 is 0 Å². The molecule has 10 heteroatoms. The van der Waals surface area contributed by atoms with Crippen molar-refractivity contribution in [2.45, 2.75) is 13.3 Å². The highest BCUT2D eigenvalue weighted by molar-refractivity contribution is 6.31. The van der Waals surface area contributed by atoms with E-state index in [0.717, 1.165) is 0 Å². The van der Waals surface area contributed by atoms with Crippen LogP contribution in [0.4, 0.5) is 5.69 Å². The lowest BCUT2D eigenvalue weighted by Gasteiger charge is -2.33. The number of aliphatic carboxylic acids is 1. The first-order chi connectivity index (χ1) is 12.3. The third kappa shape index (κ3) is 4.68. The molecule has 1 saturated heterocycles. The topological polar surface area (TPSA) is 130 Å². The Balaban J connectivity index is 1.78. The van der Waals surface area contributed by atoms with Crippen LogP contribution in [0.2, 0.25) is 0 Å². The molecule has 1 aliphatic heterocycles. The smallest absolute Gasteiger partial charge is 0.394 e. The second-order valence-electron chi connectivity index (χ2n) is 5.78. The van der Waals surface area contributed by atoms with Crippen LogP contribution in [-0.2, 0) is 14.4 Å². The SMILES string of the molecule is Cc1cc(OCCC(=O)N2CCN(C(=O)C(=O)O)CC2)ccc1[N+](=O)[O-]. The van der Waals surface area contributed by atoms with Crippen molar-refractivity contribution in [3.8, 4) is 5.75 Å². The first kappa shape index (κ1) is 19.2. The summed E-state index contributed by atoms with van der Waals surface area (Å²) in [5, 5.41) is 19.4. The molecule has 1 heterocycles. The molecule has 1 fully saturated rings. The van der Waals surface area contributed by atoms with E-state index in [1.54, 1.807) is 17.9 Å². The highest BCUT2D eigenvalue weighted by Gasteiger charge is 2.27. The summed E-state index contributed by atoms with van der Waals surface area (Å²) in [5.74, 6) is -2.19. The van der Waals surface area contributed by atoms with Crippen LogP contribution in [0, 0.1) is 17.0 Å². The number of carbonyl (C=O) groups is 3. The Morgan fingerprint density at radius 3 is 2.35 bits per heavy atom. The number of carboxylic acids is 1. The maximum Gasteiger partial charge on any atom is 0.394 e. The summed E-state index contributed by atoms with van der Waals surface area (Å²) in [4.78, 5) is 47.2. The fourth-order valence-corrected chi connectivity index (χ4v) is 2.63. The molecule has 0 saturated carbocycles. The molecule has 2 amide bonds. The van der Waals surface area contributed by atoms with Crippen molar-refractivity contribution in [3.05, 3.63) is 33.9 Å². The largest absolute Gasteiger partial charge is 0.493 e. The van der Waals surface area contributed by atoms with Crippen molar-refractivity contribution in [2.75, 3.05) is 32.8 Å². The van der Waals surface area contributed by atoms with Crippen LogP contribution in [-0.4, -0.2) is 70.4 Å². The maximum absolute atomic E-state index is 12.1. The van der Waals surface area contributed by atoms with Crippen molar-refractivity contribution >= 4 is 23.5 Å². The number of nitro benzene ring substituents is 1. The van der Waals surface area contributed by atoms with Gasteiger partial charge in [0.05, 0.1) is 18.0 Å². The molecule has 1 aromatic carbocycles. The molecule has 2 rings (SSSR count). The molecule has 0 atom stereocenters. The van der Waals surface area contributed by atoms with Crippen LogP contribution < -0.4 is 4.74 Å². The van der Waals surface area contributed by atoms with Gasteiger partial charge in [-0.05, 0) is 19.1 Å². The number of carboxylic acid groups (broad SMARTS) is 1. The summed E-state index contributed by atoms with van der Waals surface area (Å²) in [6, 6.07) is 4.37. The van der Waals surface area contributed by atoms with Crippen molar-refractivity contribution in [1.29, 1.82) is 0 Å². The molecule has 1 aromatic rings. The second kappa shape index (κ2) is 8.28. The average Bonchev–Trinajstić information content (AvgIpc) is 2.60. The van der Waals surface area contributed by atoms with Crippen LogP contribution in [0.25, 0.3) is 0 Å². The zero-order chi connectivity index (χ0) is 19.3. The summed E-state index contributed by atoms with van der Waals surface area (Å²) in [6.07, 6.45) is 0.114. The van der Waals surface area contributed by atoms with Crippen LogP contribution in [0.3, 0.4) is 0 Å². The third-order valence-corrected chi connectivity index (χ3v) is 4.05. The number of amides is 2. The van der Waals surface area contributed by atoms with Gasteiger partial charge in [-0.2, -0.15) is 0 Å². The molecule has 140 valence electrons.